The van der Waals surface area contributed by atoms with Crippen LogP contribution in [-0.4, -0.2) is 37.7 Å². The number of rotatable bonds is 2. The number of likely N-dealkylation sites (tertiary alicyclic amines) is 1. The van der Waals surface area contributed by atoms with Crippen LogP contribution in [0.15, 0.2) is 0 Å². The van der Waals surface area contributed by atoms with Gasteiger partial charge in [-0.2, -0.15) is 0 Å². The van der Waals surface area contributed by atoms with Gasteiger partial charge in [0.05, 0.1) is 6.10 Å². The van der Waals surface area contributed by atoms with Crippen LogP contribution < -0.4 is 0 Å². The first-order valence-electron chi connectivity index (χ1n) is 3.41. The zero-order valence-corrected chi connectivity index (χ0v) is 5.97. The molecule has 1 fully saturated rings. The van der Waals surface area contributed by atoms with Gasteiger partial charge in [0, 0.05) is 20.2 Å². The van der Waals surface area contributed by atoms with E-state index in [2.05, 4.69) is 11.8 Å². The van der Waals surface area contributed by atoms with Gasteiger partial charge >= 0.3 is 0 Å². The molecular weight excluding hydrogens is 114 g/mol. The summed E-state index contributed by atoms with van der Waals surface area (Å²) in [5.74, 6) is 0. The highest BCUT2D eigenvalue weighted by molar-refractivity contribution is 4.75. The smallest absolute Gasteiger partial charge is 0.0710 e. The molecule has 0 aliphatic carbocycles. The molecule has 1 saturated heterocycles. The van der Waals surface area contributed by atoms with Gasteiger partial charge in [0.2, 0.25) is 0 Å². The van der Waals surface area contributed by atoms with Crippen LogP contribution in [0.3, 0.4) is 0 Å². The molecule has 0 spiro atoms. The van der Waals surface area contributed by atoms with Gasteiger partial charge in [-0.1, -0.05) is 0 Å². The normalized spacial score (nSPS) is 29.3. The highest BCUT2D eigenvalue weighted by Gasteiger charge is 2.19. The van der Waals surface area contributed by atoms with Crippen LogP contribution >= 0.6 is 0 Å². The van der Waals surface area contributed by atoms with Crippen molar-refractivity contribution in [3.05, 3.63) is 6.92 Å². The van der Waals surface area contributed by atoms with Crippen LogP contribution in [0.1, 0.15) is 6.42 Å². The predicted molar refractivity (Wildman–Crippen MR) is 37.2 cm³/mol. The third kappa shape index (κ3) is 1.66. The van der Waals surface area contributed by atoms with Gasteiger partial charge in [0.1, 0.15) is 0 Å². The molecule has 53 valence electrons. The van der Waals surface area contributed by atoms with Gasteiger partial charge in [-0.25, -0.2) is 0 Å². The van der Waals surface area contributed by atoms with Crippen molar-refractivity contribution in [2.24, 2.45) is 0 Å². The van der Waals surface area contributed by atoms with Gasteiger partial charge in [-0.15, -0.1) is 0 Å². The summed E-state index contributed by atoms with van der Waals surface area (Å²) in [5.41, 5.74) is 0. The van der Waals surface area contributed by atoms with Crippen LogP contribution in [0.5, 0.6) is 0 Å². The first kappa shape index (κ1) is 7.03. The van der Waals surface area contributed by atoms with Crippen molar-refractivity contribution in [3.8, 4) is 0 Å². The molecule has 1 radical (unpaired) electrons. The molecule has 1 aliphatic heterocycles. The van der Waals surface area contributed by atoms with E-state index in [1.54, 1.807) is 7.11 Å². The number of methoxy groups -OCH3 is 1. The molecule has 1 aliphatic rings. The van der Waals surface area contributed by atoms with E-state index >= 15 is 0 Å². The fourth-order valence-electron chi connectivity index (χ4n) is 1.19. The molecule has 2 nitrogen and oxygen atoms in total. The summed E-state index contributed by atoms with van der Waals surface area (Å²) < 4.78 is 5.17. The fraction of sp³-hybridized carbons (Fsp3) is 0.857. The molecule has 0 aromatic carbocycles. The second-order valence-electron chi connectivity index (χ2n) is 2.45. The van der Waals surface area contributed by atoms with Crippen molar-refractivity contribution in [2.45, 2.75) is 12.5 Å². The first-order chi connectivity index (χ1) is 4.36. The van der Waals surface area contributed by atoms with Gasteiger partial charge < -0.3 is 9.64 Å². The van der Waals surface area contributed by atoms with Crippen molar-refractivity contribution in [1.29, 1.82) is 0 Å². The number of ether oxygens (including phenoxy) is 1. The van der Waals surface area contributed by atoms with Gasteiger partial charge in [-0.3, -0.25) is 0 Å². The largest absolute Gasteiger partial charge is 0.380 e. The van der Waals surface area contributed by atoms with Crippen LogP contribution in [0.2, 0.25) is 0 Å². The van der Waals surface area contributed by atoms with Crippen molar-refractivity contribution in [1.82, 2.24) is 4.90 Å². The summed E-state index contributed by atoms with van der Waals surface area (Å²) in [5, 5.41) is 0. The minimum Gasteiger partial charge on any atom is -0.380 e. The molecular formula is C7H14NO. The molecule has 0 saturated carbocycles. The topological polar surface area (TPSA) is 12.5 Å². The second kappa shape index (κ2) is 3.18. The Bertz CT molecular complexity index is 75.0. The van der Waals surface area contributed by atoms with Crippen molar-refractivity contribution >= 4 is 0 Å². The summed E-state index contributed by atoms with van der Waals surface area (Å²) in [4.78, 5) is 2.30. The number of hydrogen-bond donors (Lipinski definition) is 0. The molecule has 9 heavy (non-hydrogen) atoms. The van der Waals surface area contributed by atoms with E-state index in [1.807, 2.05) is 0 Å². The van der Waals surface area contributed by atoms with Crippen molar-refractivity contribution < 1.29 is 4.74 Å². The van der Waals surface area contributed by atoms with Gasteiger partial charge in [0.15, 0.2) is 0 Å². The Balaban J connectivity index is 2.20. The van der Waals surface area contributed by atoms with Crippen molar-refractivity contribution in [3.63, 3.8) is 0 Å². The van der Waals surface area contributed by atoms with Crippen molar-refractivity contribution in [2.75, 3.05) is 26.7 Å². The zero-order valence-electron chi connectivity index (χ0n) is 5.97. The molecule has 1 rings (SSSR count). The average molecular weight is 128 g/mol. The Hall–Kier alpha value is -0.0800. The molecule has 2 heteroatoms. The Morgan fingerprint density at radius 2 is 2.56 bits per heavy atom. The number of hydrogen-bond acceptors (Lipinski definition) is 2. The van der Waals surface area contributed by atoms with E-state index in [9.17, 15) is 0 Å². The van der Waals surface area contributed by atoms with Gasteiger partial charge in [0.25, 0.3) is 0 Å². The maximum Gasteiger partial charge on any atom is 0.0710 e. The molecule has 0 N–H and O–H groups in total. The standard InChI is InChI=1S/C7H14NO/c1-3-8-5-4-7(6-8)9-2/h7H,1,3-6H2,2H3/t7-/m0/s1. The van der Waals surface area contributed by atoms with E-state index < -0.39 is 0 Å². The molecule has 0 aromatic heterocycles. The lowest BCUT2D eigenvalue weighted by molar-refractivity contribution is 0.109. The summed E-state index contributed by atoms with van der Waals surface area (Å²) in [6.07, 6.45) is 1.64. The van der Waals surface area contributed by atoms with E-state index in [1.165, 1.54) is 6.42 Å². The average Bonchev–Trinajstić information content (AvgIpc) is 2.34. The van der Waals surface area contributed by atoms with E-state index in [4.69, 9.17) is 4.74 Å². The lowest BCUT2D eigenvalue weighted by Crippen LogP contribution is -2.22. The van der Waals surface area contributed by atoms with E-state index in [0.717, 1.165) is 19.6 Å². The second-order valence-corrected chi connectivity index (χ2v) is 2.45. The fourth-order valence-corrected chi connectivity index (χ4v) is 1.19. The third-order valence-electron chi connectivity index (χ3n) is 1.88. The maximum atomic E-state index is 5.17. The minimum atomic E-state index is 0.465. The summed E-state index contributed by atoms with van der Waals surface area (Å²) in [6.45, 7) is 6.95. The molecule has 0 aromatic rings. The Morgan fingerprint density at radius 3 is 2.89 bits per heavy atom. The molecule has 0 unspecified atom stereocenters. The lowest BCUT2D eigenvalue weighted by atomic mass is 10.3. The monoisotopic (exact) mass is 128 g/mol. The summed E-state index contributed by atoms with van der Waals surface area (Å²) in [6, 6.07) is 0. The summed E-state index contributed by atoms with van der Waals surface area (Å²) >= 11 is 0. The molecule has 0 amide bonds. The molecule has 1 atom stereocenters. The molecule has 0 bridgehead atoms. The third-order valence-corrected chi connectivity index (χ3v) is 1.88. The van der Waals surface area contributed by atoms with E-state index in [0.29, 0.717) is 6.10 Å². The lowest BCUT2D eigenvalue weighted by Gasteiger charge is -2.10. The number of nitrogens with zero attached hydrogens (tertiary/aromatic N) is 1. The summed E-state index contributed by atoms with van der Waals surface area (Å²) in [7, 11) is 1.78. The quantitative estimate of drug-likeness (QED) is 0.538. The predicted octanol–water partition coefficient (Wildman–Crippen LogP) is 0.541. The first-order valence-corrected chi connectivity index (χ1v) is 3.41. The maximum absolute atomic E-state index is 5.17. The highest BCUT2D eigenvalue weighted by atomic mass is 16.5. The Morgan fingerprint density at radius 1 is 1.78 bits per heavy atom. The SMILES string of the molecule is [CH2]CN1CC[C@H](OC)C1. The van der Waals surface area contributed by atoms with Crippen LogP contribution in [0.25, 0.3) is 0 Å². The Kier molecular flexibility index (Phi) is 2.49. The zero-order chi connectivity index (χ0) is 6.69. The van der Waals surface area contributed by atoms with Crippen LogP contribution in [0, 0.1) is 6.92 Å². The minimum absolute atomic E-state index is 0.465. The highest BCUT2D eigenvalue weighted by Crippen LogP contribution is 2.09. The van der Waals surface area contributed by atoms with E-state index in [-0.39, 0.29) is 0 Å². The Labute approximate surface area is 56.8 Å². The van der Waals surface area contributed by atoms with Crippen LogP contribution in [0.4, 0.5) is 0 Å². The van der Waals surface area contributed by atoms with Gasteiger partial charge in [-0.05, 0) is 19.9 Å². The molecule has 1 heterocycles. The van der Waals surface area contributed by atoms with Crippen LogP contribution in [-0.2, 0) is 4.74 Å².